The molecule has 0 aromatic heterocycles. The molecule has 3 N–H and O–H groups in total. The van der Waals surface area contributed by atoms with Crippen LogP contribution in [0.5, 0.6) is 0 Å². The van der Waals surface area contributed by atoms with Crippen molar-refractivity contribution in [2.45, 2.75) is 16.7 Å². The smallest absolute Gasteiger partial charge is 0.221 e. The third kappa shape index (κ3) is 5.23. The van der Waals surface area contributed by atoms with Gasteiger partial charge in [0.15, 0.2) is 9.84 Å². The second kappa shape index (κ2) is 8.56. The summed E-state index contributed by atoms with van der Waals surface area (Å²) in [6.07, 6.45) is 0. The Kier molecular flexibility index (Phi) is 6.68. The highest BCUT2D eigenvalue weighted by Gasteiger charge is 2.13. The molecular formula is C16H18N4O3S3. The van der Waals surface area contributed by atoms with Crippen molar-refractivity contribution < 1.29 is 13.2 Å². The molecular weight excluding hydrogens is 392 g/mol. The summed E-state index contributed by atoms with van der Waals surface area (Å²) < 4.78 is 24.0. The SMILES string of the molecule is CC(=O)Nc1cc(N)c(S)cc1N=Nc1ccc(S(=O)(=O)CCS)cc1. The van der Waals surface area contributed by atoms with Gasteiger partial charge in [-0.15, -0.1) is 17.7 Å². The molecule has 0 heterocycles. The van der Waals surface area contributed by atoms with Crippen LogP contribution in [-0.2, 0) is 14.6 Å². The highest BCUT2D eigenvalue weighted by molar-refractivity contribution is 7.92. The third-order valence-corrected chi connectivity index (χ3v) is 5.93. The third-order valence-electron chi connectivity index (χ3n) is 3.28. The van der Waals surface area contributed by atoms with Gasteiger partial charge in [-0.3, -0.25) is 4.79 Å². The number of thiol groups is 2. The Morgan fingerprint density at radius 1 is 1.19 bits per heavy atom. The monoisotopic (exact) mass is 410 g/mol. The van der Waals surface area contributed by atoms with Crippen LogP contribution < -0.4 is 11.1 Å². The standard InChI is InChI=1S/C16H18N4O3S3/c1-10(21)18-14-8-13(17)16(25)9-15(14)20-19-11-2-4-12(5-3-11)26(22,23)7-6-24/h2-5,8-9,24-25H,6-7,17H2,1H3,(H,18,21). The van der Waals surface area contributed by atoms with Crippen LogP contribution in [-0.4, -0.2) is 25.8 Å². The predicted octanol–water partition coefficient (Wildman–Crippen LogP) is 3.63. The second-order valence-electron chi connectivity index (χ2n) is 5.35. The Morgan fingerprint density at radius 2 is 1.85 bits per heavy atom. The van der Waals surface area contributed by atoms with E-state index in [1.807, 2.05) is 0 Å². The maximum absolute atomic E-state index is 12.0. The van der Waals surface area contributed by atoms with Gasteiger partial charge in [0.05, 0.1) is 22.0 Å². The van der Waals surface area contributed by atoms with Crippen LogP contribution in [0.4, 0.5) is 22.7 Å². The summed E-state index contributed by atoms with van der Waals surface area (Å²) in [5.74, 6) is -0.0573. The fraction of sp³-hybridized carbons (Fsp3) is 0.188. The fourth-order valence-electron chi connectivity index (χ4n) is 2.04. The van der Waals surface area contributed by atoms with E-state index in [0.29, 0.717) is 27.6 Å². The quantitative estimate of drug-likeness (QED) is 0.331. The lowest BCUT2D eigenvalue weighted by Gasteiger charge is -2.08. The molecule has 0 atom stereocenters. The summed E-state index contributed by atoms with van der Waals surface area (Å²) in [4.78, 5) is 12.0. The Hall–Kier alpha value is -2.04. The summed E-state index contributed by atoms with van der Waals surface area (Å²) in [6, 6.07) is 9.16. The van der Waals surface area contributed by atoms with Crippen molar-refractivity contribution in [3.63, 3.8) is 0 Å². The van der Waals surface area contributed by atoms with Crippen LogP contribution in [0.1, 0.15) is 6.92 Å². The maximum Gasteiger partial charge on any atom is 0.221 e. The van der Waals surface area contributed by atoms with Gasteiger partial charge in [0.1, 0.15) is 5.69 Å². The minimum atomic E-state index is -3.34. The minimum absolute atomic E-state index is 0.0345. The number of hydrogen-bond donors (Lipinski definition) is 4. The number of hydrogen-bond acceptors (Lipinski definition) is 8. The molecule has 0 saturated carbocycles. The summed E-state index contributed by atoms with van der Waals surface area (Å²) >= 11 is 8.19. The predicted molar refractivity (Wildman–Crippen MR) is 109 cm³/mol. The van der Waals surface area contributed by atoms with Gasteiger partial charge in [-0.25, -0.2) is 8.42 Å². The van der Waals surface area contributed by atoms with Crippen LogP contribution in [0.25, 0.3) is 0 Å². The number of nitrogens with two attached hydrogens (primary N) is 1. The van der Waals surface area contributed by atoms with E-state index in [1.165, 1.54) is 19.1 Å². The number of carbonyl (C=O) groups excluding carboxylic acids is 1. The van der Waals surface area contributed by atoms with Gasteiger partial charge >= 0.3 is 0 Å². The van der Waals surface area contributed by atoms with Crippen molar-refractivity contribution >= 4 is 63.8 Å². The first kappa shape index (κ1) is 20.3. The maximum atomic E-state index is 12.0. The van der Waals surface area contributed by atoms with Crippen molar-refractivity contribution in [2.24, 2.45) is 10.2 Å². The molecule has 0 aliphatic carbocycles. The normalized spacial score (nSPS) is 11.7. The van der Waals surface area contributed by atoms with E-state index in [0.717, 1.165) is 0 Å². The molecule has 10 heteroatoms. The van der Waals surface area contributed by atoms with Gasteiger partial charge < -0.3 is 11.1 Å². The summed E-state index contributed by atoms with van der Waals surface area (Å²) in [6.45, 7) is 1.37. The minimum Gasteiger partial charge on any atom is -0.398 e. The van der Waals surface area contributed by atoms with Crippen LogP contribution >= 0.6 is 25.3 Å². The molecule has 0 aliphatic rings. The molecule has 0 radical (unpaired) electrons. The number of benzene rings is 2. The number of carbonyl (C=O) groups is 1. The molecule has 7 nitrogen and oxygen atoms in total. The highest BCUT2D eigenvalue weighted by Crippen LogP contribution is 2.33. The first-order valence-electron chi connectivity index (χ1n) is 7.48. The number of azo groups is 1. The van der Waals surface area contributed by atoms with Crippen LogP contribution in [0.15, 0.2) is 56.4 Å². The van der Waals surface area contributed by atoms with E-state index < -0.39 is 9.84 Å². The first-order valence-corrected chi connectivity index (χ1v) is 10.2. The van der Waals surface area contributed by atoms with E-state index >= 15 is 0 Å². The molecule has 1 amide bonds. The van der Waals surface area contributed by atoms with E-state index in [1.54, 1.807) is 24.3 Å². The van der Waals surface area contributed by atoms with Crippen molar-refractivity contribution in [1.29, 1.82) is 0 Å². The van der Waals surface area contributed by atoms with E-state index in [4.69, 9.17) is 5.73 Å². The van der Waals surface area contributed by atoms with Gasteiger partial charge in [-0.2, -0.15) is 17.7 Å². The van der Waals surface area contributed by atoms with Gasteiger partial charge in [-0.1, -0.05) is 0 Å². The average Bonchev–Trinajstić information content (AvgIpc) is 2.56. The molecule has 0 bridgehead atoms. The van der Waals surface area contributed by atoms with E-state index in [2.05, 4.69) is 40.8 Å². The first-order chi connectivity index (χ1) is 12.2. The van der Waals surface area contributed by atoms with Crippen LogP contribution in [0.3, 0.4) is 0 Å². The number of nitrogens with one attached hydrogen (secondary N) is 1. The molecule has 2 rings (SSSR count). The number of nitrogens with zero attached hydrogens (tertiary/aromatic N) is 2. The fourth-order valence-corrected chi connectivity index (χ4v) is 3.97. The summed E-state index contributed by atoms with van der Waals surface area (Å²) in [5, 5.41) is 10.8. The van der Waals surface area contributed by atoms with Gasteiger partial charge in [0.2, 0.25) is 5.91 Å². The molecule has 0 fully saturated rings. The summed E-state index contributed by atoms with van der Waals surface area (Å²) in [5.41, 5.74) is 7.44. The van der Waals surface area contributed by atoms with E-state index in [-0.39, 0.29) is 22.3 Å². The zero-order valence-electron chi connectivity index (χ0n) is 13.9. The van der Waals surface area contributed by atoms with Crippen LogP contribution in [0.2, 0.25) is 0 Å². The molecule has 0 saturated heterocycles. The Bertz CT molecular complexity index is 942. The summed E-state index contributed by atoms with van der Waals surface area (Å²) in [7, 11) is -3.34. The molecule has 0 aliphatic heterocycles. The zero-order valence-corrected chi connectivity index (χ0v) is 16.5. The molecule has 138 valence electrons. The van der Waals surface area contributed by atoms with E-state index in [9.17, 15) is 13.2 Å². The molecule has 26 heavy (non-hydrogen) atoms. The number of rotatable bonds is 6. The van der Waals surface area contributed by atoms with Crippen molar-refractivity contribution in [3.05, 3.63) is 36.4 Å². The topological polar surface area (TPSA) is 114 Å². The zero-order chi connectivity index (χ0) is 19.3. The Labute approximate surface area is 162 Å². The highest BCUT2D eigenvalue weighted by atomic mass is 32.2. The number of amides is 1. The molecule has 2 aromatic rings. The Balaban J connectivity index is 2.30. The van der Waals surface area contributed by atoms with Crippen molar-refractivity contribution in [1.82, 2.24) is 0 Å². The average molecular weight is 411 g/mol. The van der Waals surface area contributed by atoms with Crippen LogP contribution in [0, 0.1) is 0 Å². The van der Waals surface area contributed by atoms with Crippen molar-refractivity contribution in [2.75, 3.05) is 22.6 Å². The largest absolute Gasteiger partial charge is 0.398 e. The van der Waals surface area contributed by atoms with Gasteiger partial charge in [-0.05, 0) is 36.4 Å². The number of nitrogen functional groups attached to an aromatic ring is 1. The number of sulfone groups is 1. The van der Waals surface area contributed by atoms with Gasteiger partial charge in [0, 0.05) is 23.3 Å². The lowest BCUT2D eigenvalue weighted by Crippen LogP contribution is -2.07. The lowest BCUT2D eigenvalue weighted by molar-refractivity contribution is -0.114. The van der Waals surface area contributed by atoms with Gasteiger partial charge in [0.25, 0.3) is 0 Å². The Morgan fingerprint density at radius 3 is 2.42 bits per heavy atom. The number of anilines is 2. The molecule has 0 spiro atoms. The molecule has 0 unspecified atom stereocenters. The second-order valence-corrected chi connectivity index (χ2v) is 8.38. The van der Waals surface area contributed by atoms with Crippen molar-refractivity contribution in [3.8, 4) is 0 Å². The molecule has 2 aromatic carbocycles. The lowest BCUT2D eigenvalue weighted by atomic mass is 10.2.